The molecule has 1 aromatic heterocycles. The first-order valence-corrected chi connectivity index (χ1v) is 7.25. The van der Waals surface area contributed by atoms with Crippen LogP contribution in [0.3, 0.4) is 0 Å². The van der Waals surface area contributed by atoms with Crippen LogP contribution in [0.5, 0.6) is 0 Å². The summed E-state index contributed by atoms with van der Waals surface area (Å²) < 4.78 is 19.8. The van der Waals surface area contributed by atoms with Crippen molar-refractivity contribution in [2.75, 3.05) is 11.9 Å². The number of hydrogen-bond acceptors (Lipinski definition) is 4. The first-order valence-electron chi connectivity index (χ1n) is 6.87. The molecule has 126 valence electrons. The molecule has 0 bridgehead atoms. The Hall–Kier alpha value is -2.67. The van der Waals surface area contributed by atoms with E-state index in [1.54, 1.807) is 7.05 Å². The van der Waals surface area contributed by atoms with Crippen molar-refractivity contribution in [1.29, 1.82) is 0 Å². The van der Waals surface area contributed by atoms with E-state index >= 15 is 0 Å². The minimum absolute atomic E-state index is 0.110. The lowest BCUT2D eigenvalue weighted by molar-refractivity contribution is -0.119. The topological polar surface area (TPSA) is 77.4 Å². The van der Waals surface area contributed by atoms with E-state index in [4.69, 9.17) is 16.3 Å². The van der Waals surface area contributed by atoms with Crippen molar-refractivity contribution in [2.45, 2.75) is 6.92 Å². The highest BCUT2D eigenvalue weighted by Crippen LogP contribution is 2.19. The average molecular weight is 353 g/mol. The molecule has 8 heteroatoms. The third-order valence-corrected chi connectivity index (χ3v) is 3.39. The number of aryl methyl sites for hydroxylation is 1. The summed E-state index contributed by atoms with van der Waals surface area (Å²) in [7, 11) is 1.57. The predicted molar refractivity (Wildman–Crippen MR) is 85.7 cm³/mol. The van der Waals surface area contributed by atoms with E-state index in [1.165, 1.54) is 35.9 Å². The molecule has 0 unspecified atom stereocenters. The number of Topliss-reactive ketones (excluding diaryl/α,β-unsaturated/α-hetero) is 1. The smallest absolute Gasteiger partial charge is 0.355 e. The molecule has 0 atom stereocenters. The number of anilines is 1. The monoisotopic (exact) mass is 352 g/mol. The zero-order valence-electron chi connectivity index (χ0n) is 12.9. The summed E-state index contributed by atoms with van der Waals surface area (Å²) in [6, 6.07) is 5.07. The lowest BCUT2D eigenvalue weighted by Crippen LogP contribution is -2.22. The number of amides is 1. The van der Waals surface area contributed by atoms with Gasteiger partial charge in [-0.1, -0.05) is 11.6 Å². The van der Waals surface area contributed by atoms with Crippen molar-refractivity contribution >= 4 is 34.9 Å². The average Bonchev–Trinajstić information content (AvgIpc) is 2.91. The number of halogens is 2. The fourth-order valence-electron chi connectivity index (χ4n) is 1.94. The summed E-state index contributed by atoms with van der Waals surface area (Å²) in [4.78, 5) is 35.0. The third-order valence-electron chi connectivity index (χ3n) is 3.16. The minimum atomic E-state index is -0.772. The van der Waals surface area contributed by atoms with Gasteiger partial charge in [-0.05, 0) is 31.2 Å². The van der Waals surface area contributed by atoms with E-state index in [0.717, 1.165) is 6.07 Å². The lowest BCUT2D eigenvalue weighted by atomic mass is 10.2. The molecule has 24 heavy (non-hydrogen) atoms. The Balaban J connectivity index is 1.97. The van der Waals surface area contributed by atoms with Gasteiger partial charge in [-0.25, -0.2) is 9.18 Å². The fourth-order valence-corrected chi connectivity index (χ4v) is 2.12. The molecular formula is C16H14ClFN2O4. The Morgan fingerprint density at radius 2 is 2.00 bits per heavy atom. The van der Waals surface area contributed by atoms with Crippen molar-refractivity contribution < 1.29 is 23.5 Å². The van der Waals surface area contributed by atoms with Crippen LogP contribution in [0, 0.1) is 5.82 Å². The predicted octanol–water partition coefficient (Wildman–Crippen LogP) is 2.82. The van der Waals surface area contributed by atoms with Gasteiger partial charge in [0.2, 0.25) is 0 Å². The van der Waals surface area contributed by atoms with Gasteiger partial charge in [-0.3, -0.25) is 9.59 Å². The maximum atomic E-state index is 13.5. The lowest BCUT2D eigenvalue weighted by Gasteiger charge is -2.08. The number of esters is 1. The van der Waals surface area contributed by atoms with Gasteiger partial charge in [-0.15, -0.1) is 0 Å². The van der Waals surface area contributed by atoms with Gasteiger partial charge in [-0.2, -0.15) is 0 Å². The molecule has 1 aromatic carbocycles. The first kappa shape index (κ1) is 17.7. The van der Waals surface area contributed by atoms with Crippen LogP contribution in [0.1, 0.15) is 27.8 Å². The Kier molecular flexibility index (Phi) is 5.35. The molecule has 1 heterocycles. The van der Waals surface area contributed by atoms with E-state index < -0.39 is 24.3 Å². The second-order valence-corrected chi connectivity index (χ2v) is 5.47. The van der Waals surface area contributed by atoms with Gasteiger partial charge in [0.25, 0.3) is 5.91 Å². The summed E-state index contributed by atoms with van der Waals surface area (Å²) in [6.07, 6.45) is 1.49. The number of aromatic nitrogens is 1. The van der Waals surface area contributed by atoms with Gasteiger partial charge in [0.05, 0.1) is 5.69 Å². The summed E-state index contributed by atoms with van der Waals surface area (Å²) in [5, 5.41) is 2.51. The van der Waals surface area contributed by atoms with Crippen LogP contribution < -0.4 is 5.32 Å². The number of carbonyl (C=O) groups is 3. The maximum absolute atomic E-state index is 13.5. The quantitative estimate of drug-likeness (QED) is 0.663. The molecule has 2 aromatic rings. The van der Waals surface area contributed by atoms with Crippen molar-refractivity contribution in [3.63, 3.8) is 0 Å². The third kappa shape index (κ3) is 4.20. The molecule has 1 amide bonds. The van der Waals surface area contributed by atoms with Crippen LogP contribution in [0.2, 0.25) is 5.02 Å². The van der Waals surface area contributed by atoms with E-state index in [9.17, 15) is 18.8 Å². The maximum Gasteiger partial charge on any atom is 0.355 e. The number of nitrogens with zero attached hydrogens (tertiary/aromatic N) is 1. The minimum Gasteiger partial charge on any atom is -0.451 e. The number of nitrogens with one attached hydrogen (secondary N) is 1. The SMILES string of the molecule is CC(=O)c1cc(C(=O)OCC(=O)Nc2cc(Cl)ccc2F)n(C)c1. The number of ether oxygens (including phenoxy) is 1. The molecule has 0 saturated carbocycles. The molecule has 2 rings (SSSR count). The molecular weight excluding hydrogens is 339 g/mol. The molecule has 0 radical (unpaired) electrons. The van der Waals surface area contributed by atoms with Crippen LogP contribution in [0.15, 0.2) is 30.5 Å². The molecule has 0 spiro atoms. The highest BCUT2D eigenvalue weighted by Gasteiger charge is 2.17. The summed E-state index contributed by atoms with van der Waals surface area (Å²) >= 11 is 5.72. The zero-order chi connectivity index (χ0) is 17.9. The van der Waals surface area contributed by atoms with E-state index in [0.29, 0.717) is 5.56 Å². The van der Waals surface area contributed by atoms with Crippen LogP contribution in [-0.4, -0.2) is 28.8 Å². The molecule has 6 nitrogen and oxygen atoms in total. The Morgan fingerprint density at radius 1 is 1.29 bits per heavy atom. The van der Waals surface area contributed by atoms with Crippen LogP contribution in [-0.2, 0) is 16.6 Å². The highest BCUT2D eigenvalue weighted by molar-refractivity contribution is 6.30. The van der Waals surface area contributed by atoms with Crippen LogP contribution in [0.25, 0.3) is 0 Å². The molecule has 1 N–H and O–H groups in total. The number of hydrogen-bond donors (Lipinski definition) is 1. The van der Waals surface area contributed by atoms with Gasteiger partial charge < -0.3 is 14.6 Å². The second-order valence-electron chi connectivity index (χ2n) is 5.03. The largest absolute Gasteiger partial charge is 0.451 e. The molecule has 0 aliphatic rings. The summed E-state index contributed by atoms with van der Waals surface area (Å²) in [5.41, 5.74) is 0.373. The number of ketones is 1. The Bertz CT molecular complexity index is 816. The molecule has 0 aliphatic carbocycles. The van der Waals surface area contributed by atoms with Crippen molar-refractivity contribution in [2.24, 2.45) is 7.05 Å². The van der Waals surface area contributed by atoms with Gasteiger partial charge in [0, 0.05) is 23.8 Å². The van der Waals surface area contributed by atoms with Gasteiger partial charge >= 0.3 is 5.97 Å². The zero-order valence-corrected chi connectivity index (χ0v) is 13.7. The van der Waals surface area contributed by atoms with Crippen LogP contribution >= 0.6 is 11.6 Å². The number of carbonyl (C=O) groups excluding carboxylic acids is 3. The van der Waals surface area contributed by atoms with Crippen LogP contribution in [0.4, 0.5) is 10.1 Å². The van der Waals surface area contributed by atoms with Gasteiger partial charge in [0.1, 0.15) is 11.5 Å². The molecule has 0 fully saturated rings. The Labute approximate surface area is 142 Å². The summed E-state index contributed by atoms with van der Waals surface area (Å²) in [5.74, 6) is -2.34. The number of rotatable bonds is 5. The van der Waals surface area contributed by atoms with E-state index in [-0.39, 0.29) is 22.2 Å². The second kappa shape index (κ2) is 7.27. The van der Waals surface area contributed by atoms with Crippen molar-refractivity contribution in [3.8, 4) is 0 Å². The normalized spacial score (nSPS) is 10.3. The Morgan fingerprint density at radius 3 is 2.62 bits per heavy atom. The summed E-state index contributed by atoms with van der Waals surface area (Å²) in [6.45, 7) is 0.767. The van der Waals surface area contributed by atoms with Gasteiger partial charge in [0.15, 0.2) is 12.4 Å². The molecule has 0 saturated heterocycles. The van der Waals surface area contributed by atoms with Crippen molar-refractivity contribution in [1.82, 2.24) is 4.57 Å². The van der Waals surface area contributed by atoms with E-state index in [1.807, 2.05) is 0 Å². The standard InChI is InChI=1S/C16H14ClFN2O4/c1-9(21)10-5-14(20(2)7-10)16(23)24-8-15(22)19-13-6-11(17)3-4-12(13)18/h3-7H,8H2,1-2H3,(H,19,22). The molecule has 0 aliphatic heterocycles. The first-order chi connectivity index (χ1) is 11.3. The highest BCUT2D eigenvalue weighted by atomic mass is 35.5. The fraction of sp³-hybridized carbons (Fsp3) is 0.188. The number of benzene rings is 1. The van der Waals surface area contributed by atoms with Crippen molar-refractivity contribution in [3.05, 3.63) is 52.6 Å². The van der Waals surface area contributed by atoms with E-state index in [2.05, 4.69) is 5.32 Å².